The Morgan fingerprint density at radius 3 is 2.19 bits per heavy atom. The summed E-state index contributed by atoms with van der Waals surface area (Å²) in [6.07, 6.45) is 0. The number of carbonyl (C=O) groups is 2. The highest BCUT2D eigenvalue weighted by atomic mass is 16.2. The zero-order chi connectivity index (χ0) is 15.0. The number of hydrogen-bond acceptors (Lipinski definition) is 3. The van der Waals surface area contributed by atoms with Crippen molar-refractivity contribution in [2.45, 2.75) is 6.54 Å². The van der Waals surface area contributed by atoms with Gasteiger partial charge in [0.1, 0.15) is 5.84 Å². The van der Waals surface area contributed by atoms with E-state index in [4.69, 9.17) is 11.1 Å². The Balaban J connectivity index is 1.90. The Hall–Kier alpha value is -2.95. The van der Waals surface area contributed by atoms with E-state index in [1.807, 2.05) is 0 Å². The molecule has 1 aliphatic rings. The number of hydrogen-bond donors (Lipinski definition) is 2. The lowest BCUT2D eigenvalue weighted by Crippen LogP contribution is -2.29. The molecule has 104 valence electrons. The van der Waals surface area contributed by atoms with Crippen molar-refractivity contribution in [2.75, 3.05) is 0 Å². The molecule has 0 saturated heterocycles. The molecule has 0 atom stereocenters. The molecule has 3 rings (SSSR count). The van der Waals surface area contributed by atoms with Crippen LogP contribution in [0.2, 0.25) is 0 Å². The van der Waals surface area contributed by atoms with Gasteiger partial charge in [-0.1, -0.05) is 30.3 Å². The Kier molecular flexibility index (Phi) is 3.02. The molecule has 5 nitrogen and oxygen atoms in total. The third-order valence-corrected chi connectivity index (χ3v) is 3.46. The van der Waals surface area contributed by atoms with Gasteiger partial charge in [0.05, 0.1) is 17.7 Å². The maximum Gasteiger partial charge on any atom is 0.261 e. The third kappa shape index (κ3) is 2.18. The smallest absolute Gasteiger partial charge is 0.261 e. The Labute approximate surface area is 121 Å². The fraction of sp³-hybridized carbons (Fsp3) is 0.0625. The zero-order valence-corrected chi connectivity index (χ0v) is 11.2. The predicted octanol–water partition coefficient (Wildman–Crippen LogP) is 1.77. The average molecular weight is 279 g/mol. The predicted molar refractivity (Wildman–Crippen MR) is 78.1 cm³/mol. The summed E-state index contributed by atoms with van der Waals surface area (Å²) in [5.74, 6) is -0.619. The number of nitrogens with two attached hydrogens (primary N) is 1. The number of amidine groups is 1. The summed E-state index contributed by atoms with van der Waals surface area (Å²) in [4.78, 5) is 25.7. The normalized spacial score (nSPS) is 13.4. The van der Waals surface area contributed by atoms with Gasteiger partial charge in [0.25, 0.3) is 11.8 Å². The van der Waals surface area contributed by atoms with Gasteiger partial charge >= 0.3 is 0 Å². The van der Waals surface area contributed by atoms with E-state index in [-0.39, 0.29) is 24.2 Å². The molecule has 1 aliphatic heterocycles. The number of benzene rings is 2. The molecule has 0 bridgehead atoms. The van der Waals surface area contributed by atoms with Gasteiger partial charge in [-0.15, -0.1) is 0 Å². The molecule has 0 unspecified atom stereocenters. The molecule has 0 saturated carbocycles. The number of rotatable bonds is 3. The molecule has 2 aromatic carbocycles. The minimum atomic E-state index is -0.288. The van der Waals surface area contributed by atoms with Gasteiger partial charge in [-0.3, -0.25) is 19.9 Å². The molecule has 0 aromatic heterocycles. The van der Waals surface area contributed by atoms with Crippen molar-refractivity contribution in [2.24, 2.45) is 5.73 Å². The fourth-order valence-corrected chi connectivity index (χ4v) is 2.40. The van der Waals surface area contributed by atoms with Crippen LogP contribution in [0.5, 0.6) is 0 Å². The summed E-state index contributed by atoms with van der Waals surface area (Å²) in [5, 5.41) is 7.43. The Morgan fingerprint density at radius 2 is 1.62 bits per heavy atom. The molecule has 21 heavy (non-hydrogen) atoms. The molecule has 0 spiro atoms. The molecule has 2 aromatic rings. The van der Waals surface area contributed by atoms with Crippen molar-refractivity contribution in [3.05, 3.63) is 70.8 Å². The number of nitrogens with one attached hydrogen (secondary N) is 1. The number of carbonyl (C=O) groups excluding carboxylic acids is 2. The van der Waals surface area contributed by atoms with Crippen molar-refractivity contribution in [3.8, 4) is 0 Å². The van der Waals surface area contributed by atoms with Gasteiger partial charge in [0, 0.05) is 5.56 Å². The fourth-order valence-electron chi connectivity index (χ4n) is 2.40. The van der Waals surface area contributed by atoms with Crippen LogP contribution < -0.4 is 5.73 Å². The van der Waals surface area contributed by atoms with Gasteiger partial charge in [-0.25, -0.2) is 0 Å². The molecule has 0 fully saturated rings. The quantitative estimate of drug-likeness (QED) is 0.510. The Bertz CT molecular complexity index is 733. The standard InChI is InChI=1S/C16H13N3O2/c17-14(18)11-5-3-4-10(8-11)9-19-15(20)12-6-1-2-7-13(12)16(19)21/h1-8H,9H2,(H3,17,18). The molecule has 2 amide bonds. The molecule has 3 N–H and O–H groups in total. The van der Waals surface area contributed by atoms with Crippen LogP contribution in [0, 0.1) is 5.41 Å². The number of imide groups is 1. The van der Waals surface area contributed by atoms with Crippen LogP contribution in [0.4, 0.5) is 0 Å². The van der Waals surface area contributed by atoms with Crippen molar-refractivity contribution < 1.29 is 9.59 Å². The van der Waals surface area contributed by atoms with Crippen LogP contribution in [0.3, 0.4) is 0 Å². The lowest BCUT2D eigenvalue weighted by atomic mass is 10.1. The molecule has 5 heteroatoms. The van der Waals surface area contributed by atoms with Gasteiger partial charge in [0.15, 0.2) is 0 Å². The summed E-state index contributed by atoms with van der Waals surface area (Å²) in [6.45, 7) is 0.174. The van der Waals surface area contributed by atoms with Gasteiger partial charge < -0.3 is 5.73 Å². The van der Waals surface area contributed by atoms with Crippen LogP contribution in [-0.2, 0) is 6.54 Å². The van der Waals surface area contributed by atoms with Crippen LogP contribution >= 0.6 is 0 Å². The number of fused-ring (bicyclic) bond motifs is 1. The highest BCUT2D eigenvalue weighted by molar-refractivity contribution is 6.21. The zero-order valence-electron chi connectivity index (χ0n) is 11.2. The van der Waals surface area contributed by atoms with Crippen molar-refractivity contribution in [1.29, 1.82) is 5.41 Å². The maximum atomic E-state index is 12.3. The number of nitrogens with zero attached hydrogens (tertiary/aromatic N) is 1. The summed E-state index contributed by atoms with van der Waals surface area (Å²) < 4.78 is 0. The van der Waals surface area contributed by atoms with E-state index in [2.05, 4.69) is 0 Å². The minimum absolute atomic E-state index is 0.0424. The van der Waals surface area contributed by atoms with E-state index in [9.17, 15) is 9.59 Å². The molecular formula is C16H13N3O2. The summed E-state index contributed by atoms with van der Waals surface area (Å²) in [6, 6.07) is 13.8. The average Bonchev–Trinajstić information content (AvgIpc) is 2.73. The molecule has 0 aliphatic carbocycles. The first-order chi connectivity index (χ1) is 10.1. The third-order valence-electron chi connectivity index (χ3n) is 3.46. The van der Waals surface area contributed by atoms with E-state index in [1.54, 1.807) is 48.5 Å². The van der Waals surface area contributed by atoms with Crippen molar-refractivity contribution in [3.63, 3.8) is 0 Å². The van der Waals surface area contributed by atoms with E-state index < -0.39 is 0 Å². The van der Waals surface area contributed by atoms with E-state index >= 15 is 0 Å². The Morgan fingerprint density at radius 1 is 1.00 bits per heavy atom. The summed E-state index contributed by atoms with van der Waals surface area (Å²) in [5.41, 5.74) is 7.66. The minimum Gasteiger partial charge on any atom is -0.384 e. The first kappa shape index (κ1) is 13.1. The van der Waals surface area contributed by atoms with E-state index in [1.165, 1.54) is 4.90 Å². The van der Waals surface area contributed by atoms with Crippen LogP contribution in [0.15, 0.2) is 48.5 Å². The number of amides is 2. The lowest BCUT2D eigenvalue weighted by Gasteiger charge is -2.14. The van der Waals surface area contributed by atoms with Gasteiger partial charge in [-0.05, 0) is 23.8 Å². The first-order valence-electron chi connectivity index (χ1n) is 6.46. The second-order valence-corrected chi connectivity index (χ2v) is 4.86. The monoisotopic (exact) mass is 279 g/mol. The lowest BCUT2D eigenvalue weighted by molar-refractivity contribution is 0.0642. The molecule has 0 radical (unpaired) electrons. The summed E-state index contributed by atoms with van der Waals surface area (Å²) >= 11 is 0. The largest absolute Gasteiger partial charge is 0.384 e. The maximum absolute atomic E-state index is 12.3. The second-order valence-electron chi connectivity index (χ2n) is 4.86. The number of nitrogen functional groups attached to an aromatic ring is 1. The van der Waals surface area contributed by atoms with Crippen molar-refractivity contribution >= 4 is 17.6 Å². The highest BCUT2D eigenvalue weighted by Crippen LogP contribution is 2.24. The van der Waals surface area contributed by atoms with Crippen LogP contribution in [0.25, 0.3) is 0 Å². The second kappa shape index (κ2) is 4.86. The first-order valence-corrected chi connectivity index (χ1v) is 6.46. The highest BCUT2D eigenvalue weighted by Gasteiger charge is 2.34. The van der Waals surface area contributed by atoms with E-state index in [0.29, 0.717) is 16.7 Å². The SMILES string of the molecule is N=C(N)c1cccc(CN2C(=O)c3ccccc3C2=O)c1. The van der Waals surface area contributed by atoms with Crippen LogP contribution in [-0.4, -0.2) is 22.5 Å². The van der Waals surface area contributed by atoms with Crippen LogP contribution in [0.1, 0.15) is 31.8 Å². The topological polar surface area (TPSA) is 87.2 Å². The summed E-state index contributed by atoms with van der Waals surface area (Å²) in [7, 11) is 0. The molecule has 1 heterocycles. The van der Waals surface area contributed by atoms with Gasteiger partial charge in [-0.2, -0.15) is 0 Å². The van der Waals surface area contributed by atoms with E-state index in [0.717, 1.165) is 5.56 Å². The van der Waals surface area contributed by atoms with Crippen molar-refractivity contribution in [1.82, 2.24) is 4.90 Å². The van der Waals surface area contributed by atoms with Gasteiger partial charge in [0.2, 0.25) is 0 Å². The molecular weight excluding hydrogens is 266 g/mol.